The van der Waals surface area contributed by atoms with Gasteiger partial charge in [0.15, 0.2) is 6.61 Å². The number of aromatic nitrogens is 2. The summed E-state index contributed by atoms with van der Waals surface area (Å²) in [5.74, 6) is 0.834. The van der Waals surface area contributed by atoms with Gasteiger partial charge >= 0.3 is 0 Å². The van der Waals surface area contributed by atoms with E-state index >= 15 is 0 Å². The van der Waals surface area contributed by atoms with Gasteiger partial charge in [-0.15, -0.1) is 0 Å². The summed E-state index contributed by atoms with van der Waals surface area (Å²) in [5.41, 5.74) is 3.93. The summed E-state index contributed by atoms with van der Waals surface area (Å²) in [4.78, 5) is 21.0. The molecule has 1 N–H and O–H groups in total. The molecule has 27 heavy (non-hydrogen) atoms. The van der Waals surface area contributed by atoms with Crippen molar-refractivity contribution in [2.24, 2.45) is 0 Å². The van der Waals surface area contributed by atoms with Crippen molar-refractivity contribution >= 4 is 22.5 Å². The van der Waals surface area contributed by atoms with Crippen molar-refractivity contribution in [1.82, 2.24) is 9.97 Å². The van der Waals surface area contributed by atoms with Crippen LogP contribution in [0, 0.1) is 0 Å². The van der Waals surface area contributed by atoms with E-state index in [2.05, 4.69) is 55.1 Å². The van der Waals surface area contributed by atoms with Crippen LogP contribution in [-0.4, -0.2) is 22.5 Å². The Morgan fingerprint density at radius 2 is 1.63 bits per heavy atom. The van der Waals surface area contributed by atoms with Crippen LogP contribution in [-0.2, 0) is 4.79 Å². The number of carbonyl (C=O) groups is 1. The van der Waals surface area contributed by atoms with E-state index in [1.165, 1.54) is 6.33 Å². The molecule has 0 saturated heterocycles. The van der Waals surface area contributed by atoms with Gasteiger partial charge in [0, 0.05) is 5.69 Å². The predicted octanol–water partition coefficient (Wildman–Crippen LogP) is 4.89. The van der Waals surface area contributed by atoms with E-state index in [0.29, 0.717) is 17.7 Å². The van der Waals surface area contributed by atoms with Crippen LogP contribution in [0.25, 0.3) is 10.9 Å². The SMILES string of the molecule is CC(C)c1cccc(C(C)C)c1NC(=O)COc1ncnc2ccccc12. The van der Waals surface area contributed by atoms with Gasteiger partial charge in [0.1, 0.15) is 6.33 Å². The monoisotopic (exact) mass is 363 g/mol. The van der Waals surface area contributed by atoms with E-state index < -0.39 is 0 Å². The first-order valence-corrected chi connectivity index (χ1v) is 9.22. The Kier molecular flexibility index (Phi) is 5.69. The molecule has 0 aliphatic carbocycles. The number of hydrogen-bond donors (Lipinski definition) is 1. The Bertz CT molecular complexity index is 920. The lowest BCUT2D eigenvalue weighted by atomic mass is 9.92. The zero-order valence-corrected chi connectivity index (χ0v) is 16.2. The van der Waals surface area contributed by atoms with Gasteiger partial charge in [-0.1, -0.05) is 58.0 Å². The summed E-state index contributed by atoms with van der Waals surface area (Å²) in [7, 11) is 0. The third kappa shape index (κ3) is 4.25. The molecule has 1 heterocycles. The molecule has 1 aromatic heterocycles. The van der Waals surface area contributed by atoms with Gasteiger partial charge in [-0.2, -0.15) is 0 Å². The fourth-order valence-corrected chi connectivity index (χ4v) is 3.10. The summed E-state index contributed by atoms with van der Waals surface area (Å²) in [5, 5.41) is 3.84. The van der Waals surface area contributed by atoms with Gasteiger partial charge in [0.05, 0.1) is 10.9 Å². The summed E-state index contributed by atoms with van der Waals surface area (Å²) in [6, 6.07) is 13.7. The number of nitrogens with one attached hydrogen (secondary N) is 1. The maximum absolute atomic E-state index is 12.6. The van der Waals surface area contributed by atoms with Crippen molar-refractivity contribution < 1.29 is 9.53 Å². The number of nitrogens with zero attached hydrogens (tertiary/aromatic N) is 2. The number of benzene rings is 2. The molecule has 5 nitrogen and oxygen atoms in total. The molecule has 0 fully saturated rings. The fourth-order valence-electron chi connectivity index (χ4n) is 3.10. The van der Waals surface area contributed by atoms with Gasteiger partial charge in [0.25, 0.3) is 5.91 Å². The van der Waals surface area contributed by atoms with E-state index in [0.717, 1.165) is 27.7 Å². The number of carbonyl (C=O) groups excluding carboxylic acids is 1. The topological polar surface area (TPSA) is 64.1 Å². The summed E-state index contributed by atoms with van der Waals surface area (Å²) in [6.07, 6.45) is 1.44. The van der Waals surface area contributed by atoms with Crippen molar-refractivity contribution in [3.8, 4) is 5.88 Å². The van der Waals surface area contributed by atoms with E-state index in [-0.39, 0.29) is 12.5 Å². The third-order valence-corrected chi connectivity index (χ3v) is 4.48. The highest BCUT2D eigenvalue weighted by atomic mass is 16.5. The van der Waals surface area contributed by atoms with Gasteiger partial charge in [-0.05, 0) is 35.1 Å². The van der Waals surface area contributed by atoms with Crippen molar-refractivity contribution in [2.75, 3.05) is 11.9 Å². The first-order valence-electron chi connectivity index (χ1n) is 9.22. The zero-order chi connectivity index (χ0) is 19.4. The Hall–Kier alpha value is -2.95. The van der Waals surface area contributed by atoms with Gasteiger partial charge in [-0.3, -0.25) is 4.79 Å². The van der Waals surface area contributed by atoms with Crippen LogP contribution in [0.4, 0.5) is 5.69 Å². The number of rotatable bonds is 6. The lowest BCUT2D eigenvalue weighted by Crippen LogP contribution is -2.22. The number of amides is 1. The average molecular weight is 363 g/mol. The average Bonchev–Trinajstić information content (AvgIpc) is 2.66. The van der Waals surface area contributed by atoms with Crippen LogP contribution in [0.5, 0.6) is 5.88 Å². The second-order valence-electron chi connectivity index (χ2n) is 7.15. The van der Waals surface area contributed by atoms with E-state index in [9.17, 15) is 4.79 Å². The Labute approximate surface area is 159 Å². The number of fused-ring (bicyclic) bond motifs is 1. The molecule has 0 unspecified atom stereocenters. The lowest BCUT2D eigenvalue weighted by molar-refractivity contribution is -0.118. The smallest absolute Gasteiger partial charge is 0.262 e. The minimum absolute atomic E-state index is 0.106. The van der Waals surface area contributed by atoms with Crippen LogP contribution in [0.15, 0.2) is 48.8 Å². The molecule has 1 amide bonds. The molecule has 5 heteroatoms. The predicted molar refractivity (Wildman–Crippen MR) is 108 cm³/mol. The first-order chi connectivity index (χ1) is 13.0. The van der Waals surface area contributed by atoms with Gasteiger partial charge in [-0.25, -0.2) is 9.97 Å². The summed E-state index contributed by atoms with van der Waals surface area (Å²) in [6.45, 7) is 8.39. The minimum Gasteiger partial charge on any atom is -0.467 e. The molecule has 3 rings (SSSR count). The molecule has 0 radical (unpaired) electrons. The molecule has 0 aliphatic rings. The maximum Gasteiger partial charge on any atom is 0.262 e. The Morgan fingerprint density at radius 3 is 2.30 bits per heavy atom. The quantitative estimate of drug-likeness (QED) is 0.677. The Morgan fingerprint density at radius 1 is 0.963 bits per heavy atom. The van der Waals surface area contributed by atoms with Crippen molar-refractivity contribution in [3.05, 3.63) is 59.9 Å². The van der Waals surface area contributed by atoms with Crippen LogP contribution in [0.2, 0.25) is 0 Å². The van der Waals surface area contributed by atoms with Gasteiger partial charge < -0.3 is 10.1 Å². The second-order valence-corrected chi connectivity index (χ2v) is 7.15. The molecule has 140 valence electrons. The zero-order valence-electron chi connectivity index (χ0n) is 16.2. The van der Waals surface area contributed by atoms with Crippen LogP contribution in [0.3, 0.4) is 0 Å². The van der Waals surface area contributed by atoms with Crippen molar-refractivity contribution in [3.63, 3.8) is 0 Å². The fraction of sp³-hybridized carbons (Fsp3) is 0.318. The van der Waals surface area contributed by atoms with E-state index in [1.54, 1.807) is 0 Å². The van der Waals surface area contributed by atoms with Crippen LogP contribution in [0.1, 0.15) is 50.7 Å². The standard InChI is InChI=1S/C22H25N3O2/c1-14(2)16-9-7-10-17(15(3)4)21(16)25-20(26)12-27-22-18-8-5-6-11-19(18)23-13-24-22/h5-11,13-15H,12H2,1-4H3,(H,25,26). The molecular weight excluding hydrogens is 338 g/mol. The summed E-state index contributed by atoms with van der Waals surface area (Å²) < 4.78 is 5.69. The molecule has 2 aromatic carbocycles. The first kappa shape index (κ1) is 18.8. The number of para-hydroxylation sites is 2. The molecule has 0 aliphatic heterocycles. The van der Waals surface area contributed by atoms with Crippen LogP contribution < -0.4 is 10.1 Å². The van der Waals surface area contributed by atoms with Crippen molar-refractivity contribution in [2.45, 2.75) is 39.5 Å². The molecule has 0 atom stereocenters. The summed E-state index contributed by atoms with van der Waals surface area (Å²) >= 11 is 0. The number of anilines is 1. The van der Waals surface area contributed by atoms with Gasteiger partial charge in [0.2, 0.25) is 5.88 Å². The molecule has 0 bridgehead atoms. The maximum atomic E-state index is 12.6. The molecule has 0 saturated carbocycles. The Balaban J connectivity index is 1.78. The molecule has 0 spiro atoms. The van der Waals surface area contributed by atoms with Crippen LogP contribution >= 0.6 is 0 Å². The third-order valence-electron chi connectivity index (χ3n) is 4.48. The largest absolute Gasteiger partial charge is 0.467 e. The van der Waals surface area contributed by atoms with E-state index in [4.69, 9.17) is 4.74 Å². The highest BCUT2D eigenvalue weighted by Gasteiger charge is 2.16. The lowest BCUT2D eigenvalue weighted by Gasteiger charge is -2.20. The number of ether oxygens (including phenoxy) is 1. The highest BCUT2D eigenvalue weighted by Crippen LogP contribution is 2.32. The molecular formula is C22H25N3O2. The normalized spacial score (nSPS) is 11.2. The van der Waals surface area contributed by atoms with Crippen molar-refractivity contribution in [1.29, 1.82) is 0 Å². The minimum atomic E-state index is -0.201. The molecule has 3 aromatic rings. The second kappa shape index (κ2) is 8.16. The number of hydrogen-bond acceptors (Lipinski definition) is 4. The van der Waals surface area contributed by atoms with E-state index in [1.807, 2.05) is 30.3 Å². The highest BCUT2D eigenvalue weighted by molar-refractivity contribution is 5.94.